The molecule has 0 radical (unpaired) electrons. The molecule has 3 nitrogen and oxygen atoms in total. The minimum atomic E-state index is 0.193. The van der Waals surface area contributed by atoms with Crippen molar-refractivity contribution in [2.75, 3.05) is 6.61 Å². The first-order valence-corrected chi connectivity index (χ1v) is 5.54. The van der Waals surface area contributed by atoms with Crippen molar-refractivity contribution in [2.24, 2.45) is 0 Å². The molecule has 84 valence electrons. The van der Waals surface area contributed by atoms with Crippen LogP contribution in [0.1, 0.15) is 23.7 Å². The summed E-state index contributed by atoms with van der Waals surface area (Å²) in [5.41, 5.74) is 1.28. The fourth-order valence-electron chi connectivity index (χ4n) is 1.89. The van der Waals surface area contributed by atoms with Crippen LogP contribution in [0, 0.1) is 0 Å². The molecule has 0 aliphatic carbocycles. The Bertz CT molecular complexity index is 397. The summed E-state index contributed by atoms with van der Waals surface area (Å²) >= 11 is 0. The van der Waals surface area contributed by atoms with E-state index in [1.54, 1.807) is 6.20 Å². The lowest BCUT2D eigenvalue weighted by atomic mass is 9.96. The molecular weight excluding hydrogens is 200 g/mol. The number of benzene rings is 1. The van der Waals surface area contributed by atoms with Gasteiger partial charge in [0.1, 0.15) is 5.82 Å². The third-order valence-corrected chi connectivity index (χ3v) is 2.71. The third-order valence-electron chi connectivity index (χ3n) is 2.71. The van der Waals surface area contributed by atoms with E-state index >= 15 is 0 Å². The van der Waals surface area contributed by atoms with Gasteiger partial charge in [-0.1, -0.05) is 30.3 Å². The fourth-order valence-corrected chi connectivity index (χ4v) is 1.89. The van der Waals surface area contributed by atoms with Gasteiger partial charge < -0.3 is 10.1 Å². The Labute approximate surface area is 95.2 Å². The van der Waals surface area contributed by atoms with Crippen LogP contribution in [0.5, 0.6) is 0 Å². The van der Waals surface area contributed by atoms with Gasteiger partial charge in [0.15, 0.2) is 0 Å². The second-order valence-electron chi connectivity index (χ2n) is 3.87. The average molecular weight is 216 g/mol. The Morgan fingerprint density at radius 1 is 1.25 bits per heavy atom. The third kappa shape index (κ3) is 2.70. The van der Waals surface area contributed by atoms with Crippen LogP contribution in [-0.2, 0) is 6.42 Å². The van der Waals surface area contributed by atoms with Gasteiger partial charge in [0, 0.05) is 24.9 Å². The minimum Gasteiger partial charge on any atom is -0.396 e. The molecule has 1 atom stereocenters. The maximum absolute atomic E-state index is 9.07. The van der Waals surface area contributed by atoms with Gasteiger partial charge in [-0.05, 0) is 18.4 Å². The number of nitrogens with zero attached hydrogens (tertiary/aromatic N) is 1. The zero-order valence-corrected chi connectivity index (χ0v) is 9.13. The van der Waals surface area contributed by atoms with Crippen LogP contribution < -0.4 is 0 Å². The van der Waals surface area contributed by atoms with E-state index in [1.807, 2.05) is 24.4 Å². The highest BCUT2D eigenvalue weighted by Crippen LogP contribution is 2.20. The van der Waals surface area contributed by atoms with Gasteiger partial charge in [-0.3, -0.25) is 0 Å². The van der Waals surface area contributed by atoms with Crippen molar-refractivity contribution in [1.82, 2.24) is 9.97 Å². The maximum atomic E-state index is 9.07. The summed E-state index contributed by atoms with van der Waals surface area (Å²) in [5, 5.41) is 9.07. The van der Waals surface area contributed by atoms with E-state index in [0.717, 1.165) is 18.7 Å². The van der Waals surface area contributed by atoms with Gasteiger partial charge in [0.2, 0.25) is 0 Å². The van der Waals surface area contributed by atoms with Crippen molar-refractivity contribution < 1.29 is 5.11 Å². The summed E-state index contributed by atoms with van der Waals surface area (Å²) in [5.74, 6) is 1.22. The number of aliphatic hydroxyl groups excluding tert-OH is 1. The highest BCUT2D eigenvalue weighted by molar-refractivity contribution is 5.17. The van der Waals surface area contributed by atoms with Crippen molar-refractivity contribution in [1.29, 1.82) is 0 Å². The van der Waals surface area contributed by atoms with Gasteiger partial charge in [-0.15, -0.1) is 0 Å². The summed E-state index contributed by atoms with van der Waals surface area (Å²) in [7, 11) is 0. The number of hydrogen-bond acceptors (Lipinski definition) is 2. The van der Waals surface area contributed by atoms with Crippen LogP contribution in [0.25, 0.3) is 0 Å². The Hall–Kier alpha value is -1.61. The van der Waals surface area contributed by atoms with E-state index in [0.29, 0.717) is 0 Å². The van der Waals surface area contributed by atoms with Gasteiger partial charge in [0.25, 0.3) is 0 Å². The van der Waals surface area contributed by atoms with Crippen molar-refractivity contribution in [3.05, 3.63) is 54.1 Å². The molecule has 3 heteroatoms. The maximum Gasteiger partial charge on any atom is 0.109 e. The smallest absolute Gasteiger partial charge is 0.109 e. The predicted molar refractivity (Wildman–Crippen MR) is 63.2 cm³/mol. The highest BCUT2D eigenvalue weighted by Gasteiger charge is 2.13. The monoisotopic (exact) mass is 216 g/mol. The topological polar surface area (TPSA) is 48.9 Å². The van der Waals surface area contributed by atoms with Crippen LogP contribution in [0.15, 0.2) is 42.7 Å². The molecule has 16 heavy (non-hydrogen) atoms. The summed E-state index contributed by atoms with van der Waals surface area (Å²) in [6.07, 6.45) is 5.23. The van der Waals surface area contributed by atoms with E-state index in [1.165, 1.54) is 5.56 Å². The molecule has 2 N–H and O–H groups in total. The summed E-state index contributed by atoms with van der Waals surface area (Å²) in [4.78, 5) is 7.38. The Morgan fingerprint density at radius 2 is 2.06 bits per heavy atom. The van der Waals surface area contributed by atoms with Crippen LogP contribution in [0.3, 0.4) is 0 Å². The second kappa shape index (κ2) is 5.47. The van der Waals surface area contributed by atoms with Crippen molar-refractivity contribution >= 4 is 0 Å². The molecule has 0 spiro atoms. The molecule has 2 aromatic rings. The minimum absolute atomic E-state index is 0.193. The number of aromatic nitrogens is 2. The summed E-state index contributed by atoms with van der Waals surface area (Å²) in [6.45, 7) is 0.193. The van der Waals surface area contributed by atoms with Crippen molar-refractivity contribution in [2.45, 2.75) is 18.8 Å². The van der Waals surface area contributed by atoms with E-state index in [9.17, 15) is 0 Å². The molecule has 1 aromatic heterocycles. The zero-order valence-electron chi connectivity index (χ0n) is 9.13. The van der Waals surface area contributed by atoms with Crippen molar-refractivity contribution in [3.63, 3.8) is 0 Å². The molecule has 0 saturated carbocycles. The van der Waals surface area contributed by atoms with Crippen LogP contribution in [0.4, 0.5) is 0 Å². The van der Waals surface area contributed by atoms with Gasteiger partial charge >= 0.3 is 0 Å². The van der Waals surface area contributed by atoms with E-state index in [2.05, 4.69) is 22.1 Å². The quantitative estimate of drug-likeness (QED) is 0.804. The molecule has 0 fully saturated rings. The predicted octanol–water partition coefficient (Wildman–Crippen LogP) is 2.12. The number of aromatic amines is 1. The largest absolute Gasteiger partial charge is 0.396 e. The van der Waals surface area contributed by atoms with Gasteiger partial charge in [-0.2, -0.15) is 0 Å². The number of rotatable bonds is 5. The molecule has 0 bridgehead atoms. The first-order chi connectivity index (χ1) is 7.90. The highest BCUT2D eigenvalue weighted by atomic mass is 16.3. The average Bonchev–Trinajstić information content (AvgIpc) is 2.83. The molecule has 0 saturated heterocycles. The first-order valence-electron chi connectivity index (χ1n) is 5.54. The van der Waals surface area contributed by atoms with E-state index in [4.69, 9.17) is 5.11 Å². The lowest BCUT2D eigenvalue weighted by Crippen LogP contribution is -2.07. The molecule has 1 unspecified atom stereocenters. The van der Waals surface area contributed by atoms with Gasteiger partial charge in [-0.25, -0.2) is 4.98 Å². The number of aliphatic hydroxyl groups is 1. The van der Waals surface area contributed by atoms with E-state index in [-0.39, 0.29) is 12.5 Å². The summed E-state index contributed by atoms with van der Waals surface area (Å²) in [6, 6.07) is 10.3. The second-order valence-corrected chi connectivity index (χ2v) is 3.87. The summed E-state index contributed by atoms with van der Waals surface area (Å²) < 4.78 is 0. The SMILES string of the molecule is OCCC(Cc1ccccc1)c1ncc[nH]1. The molecule has 0 amide bonds. The molecule has 1 heterocycles. The fraction of sp³-hybridized carbons (Fsp3) is 0.308. The Morgan fingerprint density at radius 3 is 2.69 bits per heavy atom. The van der Waals surface area contributed by atoms with E-state index < -0.39 is 0 Å². The molecule has 1 aromatic carbocycles. The zero-order chi connectivity index (χ0) is 11.2. The molecular formula is C13H16N2O. The number of imidazole rings is 1. The Kier molecular flexibility index (Phi) is 3.72. The van der Waals surface area contributed by atoms with Crippen LogP contribution >= 0.6 is 0 Å². The first kappa shape index (κ1) is 10.9. The number of H-pyrrole nitrogens is 1. The number of nitrogens with one attached hydrogen (secondary N) is 1. The van der Waals surface area contributed by atoms with Crippen LogP contribution in [0.2, 0.25) is 0 Å². The normalized spacial score (nSPS) is 12.6. The standard InChI is InChI=1S/C13H16N2O/c16-9-6-12(13-14-7-8-15-13)10-11-4-2-1-3-5-11/h1-5,7-8,12,16H,6,9-10H2,(H,14,15). The number of hydrogen-bond donors (Lipinski definition) is 2. The Balaban J connectivity index is 2.09. The van der Waals surface area contributed by atoms with Gasteiger partial charge in [0.05, 0.1) is 0 Å². The molecule has 0 aliphatic rings. The lowest BCUT2D eigenvalue weighted by molar-refractivity contribution is 0.273. The molecule has 0 aliphatic heterocycles. The van der Waals surface area contributed by atoms with Crippen molar-refractivity contribution in [3.8, 4) is 0 Å². The molecule has 2 rings (SSSR count). The van der Waals surface area contributed by atoms with Crippen LogP contribution in [-0.4, -0.2) is 21.7 Å². The lowest BCUT2D eigenvalue weighted by Gasteiger charge is -2.13.